The lowest BCUT2D eigenvalue weighted by molar-refractivity contribution is -0.133. The molecular formula is C21H17ClFNO2. The molecular weight excluding hydrogens is 353 g/mol. The van der Waals surface area contributed by atoms with Crippen LogP contribution < -0.4 is 10.1 Å². The van der Waals surface area contributed by atoms with Gasteiger partial charge in [0.15, 0.2) is 0 Å². The molecule has 0 heterocycles. The number of para-hydroxylation sites is 2. The molecule has 0 aliphatic rings. The van der Waals surface area contributed by atoms with Gasteiger partial charge in [0.2, 0.25) is 0 Å². The van der Waals surface area contributed by atoms with E-state index in [0.717, 1.165) is 5.56 Å². The van der Waals surface area contributed by atoms with E-state index in [1.807, 2.05) is 25.1 Å². The van der Waals surface area contributed by atoms with E-state index in [1.54, 1.807) is 36.4 Å². The second-order valence-electron chi connectivity index (χ2n) is 5.85. The minimum Gasteiger partial charge on any atom is -0.426 e. The maximum atomic E-state index is 14.1. The van der Waals surface area contributed by atoms with E-state index in [4.69, 9.17) is 16.3 Å². The molecule has 3 nitrogen and oxygen atoms in total. The van der Waals surface area contributed by atoms with Crippen LogP contribution >= 0.6 is 11.6 Å². The highest BCUT2D eigenvalue weighted by atomic mass is 35.5. The van der Waals surface area contributed by atoms with Crippen LogP contribution in [0, 0.1) is 12.7 Å². The van der Waals surface area contributed by atoms with Crippen LogP contribution in [0.25, 0.3) is 0 Å². The van der Waals surface area contributed by atoms with Gasteiger partial charge in [-0.1, -0.05) is 53.6 Å². The molecule has 0 fully saturated rings. The first kappa shape index (κ1) is 18.0. The average Bonchev–Trinajstić information content (AvgIpc) is 2.61. The highest BCUT2D eigenvalue weighted by molar-refractivity contribution is 6.33. The van der Waals surface area contributed by atoms with Gasteiger partial charge in [-0.15, -0.1) is 0 Å². The van der Waals surface area contributed by atoms with Gasteiger partial charge in [0.05, 0.1) is 17.1 Å². The quantitative estimate of drug-likeness (QED) is 0.464. The third-order valence-corrected chi connectivity index (χ3v) is 4.11. The number of carbonyl (C=O) groups is 1. The minimum atomic E-state index is -0.462. The van der Waals surface area contributed by atoms with Gasteiger partial charge >= 0.3 is 5.97 Å². The number of ether oxygens (including phenoxy) is 1. The summed E-state index contributed by atoms with van der Waals surface area (Å²) in [6.07, 6.45) is 0.0466. The predicted molar refractivity (Wildman–Crippen MR) is 102 cm³/mol. The Kier molecular flexibility index (Phi) is 5.54. The molecule has 0 bridgehead atoms. The summed E-state index contributed by atoms with van der Waals surface area (Å²) in [7, 11) is 0. The number of carbonyl (C=O) groups excluding carboxylic acids is 1. The fourth-order valence-electron chi connectivity index (χ4n) is 2.55. The lowest BCUT2D eigenvalue weighted by atomic mass is 10.1. The van der Waals surface area contributed by atoms with Crippen LogP contribution in [0.4, 0.5) is 15.8 Å². The number of aryl methyl sites for hydroxylation is 1. The van der Waals surface area contributed by atoms with Crippen molar-refractivity contribution in [3.63, 3.8) is 0 Å². The summed E-state index contributed by atoms with van der Waals surface area (Å²) in [6, 6.07) is 18.9. The molecule has 132 valence electrons. The number of halogens is 2. The topological polar surface area (TPSA) is 38.3 Å². The Hall–Kier alpha value is -2.85. The lowest BCUT2D eigenvalue weighted by Gasteiger charge is -2.14. The van der Waals surface area contributed by atoms with Crippen molar-refractivity contribution < 1.29 is 13.9 Å². The summed E-state index contributed by atoms with van der Waals surface area (Å²) >= 11 is 6.08. The number of anilines is 2. The van der Waals surface area contributed by atoms with Crippen molar-refractivity contribution in [1.82, 2.24) is 0 Å². The Morgan fingerprint density at radius 1 is 1.08 bits per heavy atom. The maximum absolute atomic E-state index is 14.1. The van der Waals surface area contributed by atoms with Crippen molar-refractivity contribution >= 4 is 28.9 Å². The predicted octanol–water partition coefficient (Wildman–Crippen LogP) is 5.68. The molecule has 0 unspecified atom stereocenters. The van der Waals surface area contributed by atoms with E-state index in [2.05, 4.69) is 5.32 Å². The van der Waals surface area contributed by atoms with E-state index in [9.17, 15) is 9.18 Å². The molecule has 5 heteroatoms. The Labute approximate surface area is 156 Å². The highest BCUT2D eigenvalue weighted by Crippen LogP contribution is 2.30. The molecule has 0 saturated heterocycles. The molecule has 0 spiro atoms. The molecule has 0 aliphatic heterocycles. The number of nitrogens with one attached hydrogen (secondary N) is 1. The van der Waals surface area contributed by atoms with E-state index in [0.29, 0.717) is 17.0 Å². The van der Waals surface area contributed by atoms with E-state index < -0.39 is 11.8 Å². The number of hydrogen-bond acceptors (Lipinski definition) is 3. The molecule has 26 heavy (non-hydrogen) atoms. The van der Waals surface area contributed by atoms with Gasteiger partial charge in [-0.3, -0.25) is 4.79 Å². The Morgan fingerprint density at radius 3 is 2.58 bits per heavy atom. The van der Waals surface area contributed by atoms with E-state index in [-0.39, 0.29) is 17.1 Å². The van der Waals surface area contributed by atoms with Crippen LogP contribution in [0.3, 0.4) is 0 Å². The second kappa shape index (κ2) is 8.02. The standard InChI is InChI=1S/C21H17ClFNO2/c1-14-10-11-19(24-21-17(22)8-5-9-18(21)23)15(12-14)13-20(25)26-16-6-3-2-4-7-16/h2-12,24H,13H2,1H3. The molecule has 0 aromatic heterocycles. The van der Waals surface area contributed by atoms with Crippen molar-refractivity contribution in [1.29, 1.82) is 0 Å². The first-order chi connectivity index (χ1) is 12.5. The fraction of sp³-hybridized carbons (Fsp3) is 0.0952. The summed E-state index contributed by atoms with van der Waals surface area (Å²) in [6.45, 7) is 1.92. The summed E-state index contributed by atoms with van der Waals surface area (Å²) in [5.74, 6) is -0.378. The Bertz CT molecular complexity index is 908. The van der Waals surface area contributed by atoms with Gasteiger partial charge in [-0.05, 0) is 42.8 Å². The molecule has 3 rings (SSSR count). The molecule has 0 amide bonds. The van der Waals surface area contributed by atoms with Gasteiger partial charge in [0.1, 0.15) is 11.6 Å². The third kappa shape index (κ3) is 4.41. The summed E-state index contributed by atoms with van der Waals surface area (Å²) in [5, 5.41) is 3.26. The van der Waals surface area contributed by atoms with Gasteiger partial charge in [0, 0.05) is 5.69 Å². The fourth-order valence-corrected chi connectivity index (χ4v) is 2.76. The number of rotatable bonds is 5. The largest absolute Gasteiger partial charge is 0.426 e. The van der Waals surface area contributed by atoms with Crippen LogP contribution in [0.1, 0.15) is 11.1 Å². The molecule has 3 aromatic carbocycles. The molecule has 0 radical (unpaired) electrons. The van der Waals surface area contributed by atoms with Crippen molar-refractivity contribution in [3.8, 4) is 5.75 Å². The zero-order valence-corrected chi connectivity index (χ0v) is 14.9. The number of esters is 1. The molecule has 0 saturated carbocycles. The Morgan fingerprint density at radius 2 is 1.85 bits per heavy atom. The van der Waals surface area contributed by atoms with Crippen molar-refractivity contribution in [2.75, 3.05) is 5.32 Å². The monoisotopic (exact) mass is 369 g/mol. The van der Waals surface area contributed by atoms with Crippen LogP contribution in [-0.2, 0) is 11.2 Å². The summed E-state index contributed by atoms with van der Waals surface area (Å²) in [5.41, 5.74) is 2.46. The summed E-state index contributed by atoms with van der Waals surface area (Å²) in [4.78, 5) is 12.3. The molecule has 0 atom stereocenters. The van der Waals surface area contributed by atoms with Crippen LogP contribution in [0.2, 0.25) is 5.02 Å². The molecule has 3 aromatic rings. The average molecular weight is 370 g/mol. The van der Waals surface area contributed by atoms with E-state index >= 15 is 0 Å². The zero-order chi connectivity index (χ0) is 18.5. The SMILES string of the molecule is Cc1ccc(Nc2c(F)cccc2Cl)c(CC(=O)Oc2ccccc2)c1. The van der Waals surface area contributed by atoms with Crippen LogP contribution in [0.15, 0.2) is 66.7 Å². The van der Waals surface area contributed by atoms with E-state index in [1.165, 1.54) is 12.1 Å². The number of benzene rings is 3. The first-order valence-corrected chi connectivity index (χ1v) is 8.47. The van der Waals surface area contributed by atoms with Crippen molar-refractivity contribution in [3.05, 3.63) is 88.7 Å². The third-order valence-electron chi connectivity index (χ3n) is 3.79. The minimum absolute atomic E-state index is 0.0466. The van der Waals surface area contributed by atoms with Crippen molar-refractivity contribution in [2.45, 2.75) is 13.3 Å². The summed E-state index contributed by atoms with van der Waals surface area (Å²) < 4.78 is 19.4. The molecule has 1 N–H and O–H groups in total. The van der Waals surface area contributed by atoms with Gasteiger partial charge in [-0.2, -0.15) is 0 Å². The lowest BCUT2D eigenvalue weighted by Crippen LogP contribution is -2.12. The normalized spacial score (nSPS) is 10.4. The van der Waals surface area contributed by atoms with Gasteiger partial charge in [0.25, 0.3) is 0 Å². The van der Waals surface area contributed by atoms with Gasteiger partial charge in [-0.25, -0.2) is 4.39 Å². The smallest absolute Gasteiger partial charge is 0.315 e. The van der Waals surface area contributed by atoms with Crippen molar-refractivity contribution in [2.24, 2.45) is 0 Å². The maximum Gasteiger partial charge on any atom is 0.315 e. The first-order valence-electron chi connectivity index (χ1n) is 8.09. The number of hydrogen-bond donors (Lipinski definition) is 1. The Balaban J connectivity index is 1.83. The molecule has 0 aliphatic carbocycles. The second-order valence-corrected chi connectivity index (χ2v) is 6.25. The zero-order valence-electron chi connectivity index (χ0n) is 14.1. The highest BCUT2D eigenvalue weighted by Gasteiger charge is 2.14. The van der Waals surface area contributed by atoms with Crippen LogP contribution in [-0.4, -0.2) is 5.97 Å². The van der Waals surface area contributed by atoms with Crippen LogP contribution in [0.5, 0.6) is 5.75 Å². The van der Waals surface area contributed by atoms with Gasteiger partial charge < -0.3 is 10.1 Å².